The van der Waals surface area contributed by atoms with Crippen LogP contribution in [0.2, 0.25) is 0 Å². The first-order valence-corrected chi connectivity index (χ1v) is 12.6. The van der Waals surface area contributed by atoms with Crippen LogP contribution in [0.15, 0.2) is 72.8 Å². The van der Waals surface area contributed by atoms with Gasteiger partial charge >= 0.3 is 0 Å². The molecule has 0 aromatic heterocycles. The maximum absolute atomic E-state index is 13.2. The largest absolute Gasteiger partial charge is 0.371 e. The first-order valence-electron chi connectivity index (χ1n) is 12.6. The molecular weight excluding hydrogens is 404 g/mol. The smallest absolute Gasteiger partial charge is 0.251 e. The molecule has 1 N–H and O–H groups in total. The Morgan fingerprint density at radius 2 is 1.39 bits per heavy atom. The van der Waals surface area contributed by atoms with Gasteiger partial charge in [0.1, 0.15) is 0 Å². The molecule has 2 heterocycles. The molecule has 170 valence electrons. The fraction of sp³-hybridized carbons (Fsp3) is 0.367. The Morgan fingerprint density at radius 1 is 0.848 bits per heavy atom. The maximum Gasteiger partial charge on any atom is 0.251 e. The van der Waals surface area contributed by atoms with Crippen molar-refractivity contribution in [3.05, 3.63) is 101 Å². The van der Waals surface area contributed by atoms with Gasteiger partial charge in [-0.15, -0.1) is 0 Å². The molecule has 2 aliphatic rings. The highest BCUT2D eigenvalue weighted by Gasteiger charge is 2.35. The second-order valence-corrected chi connectivity index (χ2v) is 9.46. The molecule has 3 aromatic rings. The van der Waals surface area contributed by atoms with Gasteiger partial charge in [0.15, 0.2) is 0 Å². The lowest BCUT2D eigenvalue weighted by Crippen LogP contribution is -2.38. The van der Waals surface area contributed by atoms with Crippen molar-refractivity contribution in [3.63, 3.8) is 0 Å². The third-order valence-corrected chi connectivity index (χ3v) is 7.34. The number of rotatable bonds is 7. The van der Waals surface area contributed by atoms with Crippen molar-refractivity contribution in [2.45, 2.75) is 50.9 Å². The lowest BCUT2D eigenvalue weighted by molar-refractivity contribution is 0.0952. The molecule has 0 bridgehead atoms. The summed E-state index contributed by atoms with van der Waals surface area (Å²) in [4.78, 5) is 15.8. The molecule has 0 saturated carbocycles. The zero-order valence-corrected chi connectivity index (χ0v) is 19.6. The topological polar surface area (TPSA) is 32.3 Å². The van der Waals surface area contributed by atoms with Gasteiger partial charge < -0.3 is 10.2 Å². The summed E-state index contributed by atoms with van der Waals surface area (Å²) in [5, 5.41) is 3.18. The molecule has 5 rings (SSSR count). The van der Waals surface area contributed by atoms with Crippen molar-refractivity contribution in [1.82, 2.24) is 5.32 Å². The molecule has 0 aliphatic carbocycles. The average Bonchev–Trinajstić information content (AvgIpc) is 2.88. The molecular formula is C30H34N2O. The first-order chi connectivity index (χ1) is 16.3. The molecule has 0 radical (unpaired) electrons. The highest BCUT2D eigenvalue weighted by molar-refractivity contribution is 5.96. The summed E-state index contributed by atoms with van der Waals surface area (Å²) in [5.41, 5.74) is 7.53. The van der Waals surface area contributed by atoms with E-state index in [2.05, 4.69) is 89.9 Å². The van der Waals surface area contributed by atoms with Crippen molar-refractivity contribution in [2.75, 3.05) is 24.5 Å². The number of unbranched alkanes of at least 4 members (excludes halogenated alkanes) is 2. The molecule has 3 heteroatoms. The lowest BCUT2D eigenvalue weighted by Gasteiger charge is -2.43. The Kier molecular flexibility index (Phi) is 6.48. The Balaban J connectivity index is 1.59. The van der Waals surface area contributed by atoms with Crippen molar-refractivity contribution in [2.24, 2.45) is 0 Å². The van der Waals surface area contributed by atoms with Gasteiger partial charge in [0, 0.05) is 42.7 Å². The van der Waals surface area contributed by atoms with Gasteiger partial charge in [-0.05, 0) is 53.6 Å². The summed E-state index contributed by atoms with van der Waals surface area (Å²) in [5.74, 6) is 0.726. The number of nitrogens with one attached hydrogen (secondary N) is 1. The van der Waals surface area contributed by atoms with Gasteiger partial charge in [0.05, 0.1) is 0 Å². The Bertz CT molecular complexity index is 1020. The van der Waals surface area contributed by atoms with Crippen LogP contribution in [-0.2, 0) is 0 Å². The van der Waals surface area contributed by atoms with Crippen LogP contribution >= 0.6 is 0 Å². The predicted octanol–water partition coefficient (Wildman–Crippen LogP) is 6.48. The van der Waals surface area contributed by atoms with Crippen LogP contribution in [0.5, 0.6) is 0 Å². The van der Waals surface area contributed by atoms with Crippen molar-refractivity contribution in [3.8, 4) is 0 Å². The highest BCUT2D eigenvalue weighted by atomic mass is 16.1. The van der Waals surface area contributed by atoms with Crippen LogP contribution in [0.3, 0.4) is 0 Å². The van der Waals surface area contributed by atoms with Crippen LogP contribution in [0.25, 0.3) is 0 Å². The monoisotopic (exact) mass is 438 g/mol. The van der Waals surface area contributed by atoms with E-state index in [1.54, 1.807) is 0 Å². The lowest BCUT2D eigenvalue weighted by atomic mass is 9.76. The molecule has 3 aromatic carbocycles. The SMILES string of the molecule is CCCCCNC(=O)c1cc2c3c(c1)C(c1ccccc1)CCN3CCC2c1ccccc1. The summed E-state index contributed by atoms with van der Waals surface area (Å²) in [6, 6.07) is 26.0. The number of carbonyl (C=O) groups is 1. The van der Waals surface area contributed by atoms with Gasteiger partial charge in [0.25, 0.3) is 5.91 Å². The number of anilines is 1. The molecule has 33 heavy (non-hydrogen) atoms. The fourth-order valence-corrected chi connectivity index (χ4v) is 5.67. The van der Waals surface area contributed by atoms with E-state index in [1.807, 2.05) is 0 Å². The molecule has 0 saturated heterocycles. The Hall–Kier alpha value is -3.07. The summed E-state index contributed by atoms with van der Waals surface area (Å²) in [6.07, 6.45) is 5.53. The molecule has 1 amide bonds. The van der Waals surface area contributed by atoms with E-state index < -0.39 is 0 Å². The number of hydrogen-bond acceptors (Lipinski definition) is 2. The van der Waals surface area contributed by atoms with Crippen LogP contribution < -0.4 is 10.2 Å². The van der Waals surface area contributed by atoms with E-state index in [0.717, 1.165) is 57.3 Å². The molecule has 0 spiro atoms. The van der Waals surface area contributed by atoms with Gasteiger partial charge in [-0.3, -0.25) is 4.79 Å². The summed E-state index contributed by atoms with van der Waals surface area (Å²) in [7, 11) is 0. The second kappa shape index (κ2) is 9.82. The molecule has 2 atom stereocenters. The van der Waals surface area contributed by atoms with Crippen LogP contribution in [0.4, 0.5) is 5.69 Å². The highest BCUT2D eigenvalue weighted by Crippen LogP contribution is 2.48. The number of benzene rings is 3. The molecule has 2 aliphatic heterocycles. The molecule has 2 unspecified atom stereocenters. The normalized spacial score (nSPS) is 19.1. The van der Waals surface area contributed by atoms with E-state index in [-0.39, 0.29) is 5.91 Å². The minimum absolute atomic E-state index is 0.0615. The quantitative estimate of drug-likeness (QED) is 0.428. The Morgan fingerprint density at radius 3 is 1.91 bits per heavy atom. The van der Waals surface area contributed by atoms with Gasteiger partial charge in [-0.1, -0.05) is 80.4 Å². The summed E-state index contributed by atoms with van der Waals surface area (Å²) < 4.78 is 0. The third-order valence-electron chi connectivity index (χ3n) is 7.34. The number of nitrogens with zero attached hydrogens (tertiary/aromatic N) is 1. The number of hydrogen-bond donors (Lipinski definition) is 1. The summed E-state index contributed by atoms with van der Waals surface area (Å²) in [6.45, 7) is 5.08. The van der Waals surface area contributed by atoms with Gasteiger partial charge in [-0.2, -0.15) is 0 Å². The zero-order valence-electron chi connectivity index (χ0n) is 19.6. The van der Waals surface area contributed by atoms with E-state index in [4.69, 9.17) is 0 Å². The van der Waals surface area contributed by atoms with Crippen LogP contribution in [0.1, 0.15) is 83.5 Å². The van der Waals surface area contributed by atoms with Crippen molar-refractivity contribution >= 4 is 11.6 Å². The first kappa shape index (κ1) is 21.8. The fourth-order valence-electron chi connectivity index (χ4n) is 5.67. The zero-order chi connectivity index (χ0) is 22.6. The van der Waals surface area contributed by atoms with Crippen LogP contribution in [0, 0.1) is 0 Å². The third kappa shape index (κ3) is 4.42. The van der Waals surface area contributed by atoms with E-state index >= 15 is 0 Å². The van der Waals surface area contributed by atoms with E-state index in [9.17, 15) is 4.79 Å². The maximum atomic E-state index is 13.2. The predicted molar refractivity (Wildman–Crippen MR) is 136 cm³/mol. The van der Waals surface area contributed by atoms with Crippen molar-refractivity contribution < 1.29 is 4.79 Å². The summed E-state index contributed by atoms with van der Waals surface area (Å²) >= 11 is 0. The average molecular weight is 439 g/mol. The van der Waals surface area contributed by atoms with Gasteiger partial charge in [0.2, 0.25) is 0 Å². The number of amides is 1. The molecule has 3 nitrogen and oxygen atoms in total. The van der Waals surface area contributed by atoms with Crippen LogP contribution in [-0.4, -0.2) is 25.5 Å². The standard InChI is InChI=1S/C30H34N2O/c1-2-3-10-17-31-30(33)24-20-27-25(22-11-6-4-7-12-22)15-18-32-19-16-26(28(21-24)29(27)32)23-13-8-5-9-14-23/h4-9,11-14,20-21,25-26H,2-3,10,15-19H2,1H3,(H,31,33). The second-order valence-electron chi connectivity index (χ2n) is 9.46. The Labute approximate surface area is 197 Å². The van der Waals surface area contributed by atoms with Crippen molar-refractivity contribution in [1.29, 1.82) is 0 Å². The van der Waals surface area contributed by atoms with E-state index in [1.165, 1.54) is 27.9 Å². The van der Waals surface area contributed by atoms with Gasteiger partial charge in [-0.25, -0.2) is 0 Å². The number of carbonyl (C=O) groups excluding carboxylic acids is 1. The minimum Gasteiger partial charge on any atom is -0.371 e. The minimum atomic E-state index is 0.0615. The molecule has 0 fully saturated rings. The van der Waals surface area contributed by atoms with E-state index in [0.29, 0.717) is 11.8 Å².